The van der Waals surface area contributed by atoms with Crippen molar-refractivity contribution in [3.63, 3.8) is 0 Å². The number of rotatable bonds is 4. The maximum atomic E-state index is 10.2. The number of aliphatic hydroxyl groups is 2. The number of thiocarbonyl (C=S) groups is 1. The molecule has 4 atom stereocenters. The molecule has 2 aliphatic rings. The zero-order valence-electron chi connectivity index (χ0n) is 12.8. The molecular weight excluding hydrogens is 290 g/mol. The van der Waals surface area contributed by atoms with Crippen LogP contribution in [0.25, 0.3) is 0 Å². The first kappa shape index (κ1) is 16.9. The molecule has 0 aromatic rings. The van der Waals surface area contributed by atoms with Gasteiger partial charge >= 0.3 is 0 Å². The molecule has 0 amide bonds. The molecular formula is C14H27N3O3S. The summed E-state index contributed by atoms with van der Waals surface area (Å²) in [4.78, 5) is 1.75. The van der Waals surface area contributed by atoms with E-state index >= 15 is 0 Å². The number of hydrogen-bond acceptors (Lipinski definition) is 5. The smallest absolute Gasteiger partial charge is 0.168 e. The Morgan fingerprint density at radius 2 is 1.90 bits per heavy atom. The molecule has 21 heavy (non-hydrogen) atoms. The summed E-state index contributed by atoms with van der Waals surface area (Å²) >= 11 is 5.16. The molecule has 1 aliphatic carbocycles. The lowest BCUT2D eigenvalue weighted by molar-refractivity contribution is -0.146. The summed E-state index contributed by atoms with van der Waals surface area (Å²) in [5, 5.41) is 27.4. The molecule has 4 N–H and O–H groups in total. The highest BCUT2D eigenvalue weighted by atomic mass is 32.1. The summed E-state index contributed by atoms with van der Waals surface area (Å²) in [7, 11) is 3.66. The Bertz CT molecular complexity index is 350. The second-order valence-corrected chi connectivity index (χ2v) is 6.58. The van der Waals surface area contributed by atoms with Crippen LogP contribution in [0.15, 0.2) is 0 Å². The lowest BCUT2D eigenvalue weighted by Gasteiger charge is -2.39. The second kappa shape index (κ2) is 7.69. The van der Waals surface area contributed by atoms with Crippen LogP contribution >= 0.6 is 12.2 Å². The summed E-state index contributed by atoms with van der Waals surface area (Å²) < 4.78 is 5.70. The van der Waals surface area contributed by atoms with Crippen LogP contribution in [-0.4, -0.2) is 77.9 Å². The van der Waals surface area contributed by atoms with Gasteiger partial charge in [0.1, 0.15) is 12.2 Å². The highest BCUT2D eigenvalue weighted by molar-refractivity contribution is 7.80. The summed E-state index contributed by atoms with van der Waals surface area (Å²) in [6, 6.07) is 0.146. The Morgan fingerprint density at radius 3 is 2.52 bits per heavy atom. The molecule has 4 unspecified atom stereocenters. The fraction of sp³-hybridized carbons (Fsp3) is 0.929. The summed E-state index contributed by atoms with van der Waals surface area (Å²) in [5.74, 6) is 0. The molecule has 0 bridgehead atoms. The minimum absolute atomic E-state index is 0.337. The van der Waals surface area contributed by atoms with Gasteiger partial charge in [-0.2, -0.15) is 0 Å². The molecule has 2 rings (SSSR count). The first-order valence-corrected chi connectivity index (χ1v) is 8.09. The van der Waals surface area contributed by atoms with Crippen molar-refractivity contribution in [2.75, 3.05) is 27.2 Å². The topological polar surface area (TPSA) is 77.0 Å². The number of ether oxygens (including phenoxy) is 1. The molecule has 1 aliphatic heterocycles. The second-order valence-electron chi connectivity index (χ2n) is 6.19. The van der Waals surface area contributed by atoms with E-state index in [0.29, 0.717) is 24.3 Å². The predicted molar refractivity (Wildman–Crippen MR) is 85.2 cm³/mol. The summed E-state index contributed by atoms with van der Waals surface area (Å²) in [6.07, 6.45) is 2.75. The molecule has 0 radical (unpaired) electrons. The van der Waals surface area contributed by atoms with E-state index < -0.39 is 12.2 Å². The highest BCUT2D eigenvalue weighted by Crippen LogP contribution is 2.19. The van der Waals surface area contributed by atoms with Gasteiger partial charge in [-0.1, -0.05) is 12.8 Å². The van der Waals surface area contributed by atoms with Crippen LogP contribution in [0.4, 0.5) is 0 Å². The van der Waals surface area contributed by atoms with E-state index in [1.54, 1.807) is 4.90 Å². The van der Waals surface area contributed by atoms with Crippen LogP contribution in [0, 0.1) is 0 Å². The zero-order valence-corrected chi connectivity index (χ0v) is 13.6. The Balaban J connectivity index is 1.79. The van der Waals surface area contributed by atoms with E-state index in [4.69, 9.17) is 17.0 Å². The number of hydrogen-bond donors (Lipinski definition) is 4. The van der Waals surface area contributed by atoms with Gasteiger partial charge in [0, 0.05) is 26.7 Å². The van der Waals surface area contributed by atoms with E-state index in [0.717, 1.165) is 0 Å². The molecule has 1 heterocycles. The number of nitrogens with zero attached hydrogens (tertiary/aromatic N) is 1. The van der Waals surface area contributed by atoms with Crippen molar-refractivity contribution >= 4 is 17.3 Å². The maximum Gasteiger partial charge on any atom is 0.168 e. The van der Waals surface area contributed by atoms with Crippen molar-refractivity contribution < 1.29 is 14.9 Å². The SMILES string of the molecule is CN(C)C(=S)NC1COC(CNC2CCCC2)C(O)C1O. The largest absolute Gasteiger partial charge is 0.388 e. The Hall–Kier alpha value is -0.470. The monoisotopic (exact) mass is 317 g/mol. The third-order valence-electron chi connectivity index (χ3n) is 4.31. The molecule has 6 nitrogen and oxygen atoms in total. The standard InChI is InChI=1S/C14H27N3O3S/c1-17(2)14(21)16-10-8-20-11(13(19)12(10)18)7-15-9-5-3-4-6-9/h9-13,15,18-19H,3-8H2,1-2H3,(H,16,21). The fourth-order valence-corrected chi connectivity index (χ4v) is 3.04. The van der Waals surface area contributed by atoms with Crippen LogP contribution in [-0.2, 0) is 4.74 Å². The molecule has 0 aromatic heterocycles. The summed E-state index contributed by atoms with van der Waals surface area (Å²) in [6.45, 7) is 0.914. The molecule has 0 spiro atoms. The van der Waals surface area contributed by atoms with Crippen LogP contribution in [0.5, 0.6) is 0 Å². The van der Waals surface area contributed by atoms with Crippen molar-refractivity contribution in [3.8, 4) is 0 Å². The highest BCUT2D eigenvalue weighted by Gasteiger charge is 2.38. The van der Waals surface area contributed by atoms with Gasteiger partial charge in [-0.15, -0.1) is 0 Å². The molecule has 7 heteroatoms. The Morgan fingerprint density at radius 1 is 1.24 bits per heavy atom. The number of nitrogens with one attached hydrogen (secondary N) is 2. The van der Waals surface area contributed by atoms with Crippen LogP contribution in [0.1, 0.15) is 25.7 Å². The van der Waals surface area contributed by atoms with Gasteiger partial charge in [0.15, 0.2) is 5.11 Å². The lowest BCUT2D eigenvalue weighted by atomic mass is 9.98. The minimum atomic E-state index is -0.907. The third kappa shape index (κ3) is 4.50. The molecule has 122 valence electrons. The van der Waals surface area contributed by atoms with Gasteiger partial charge in [0.25, 0.3) is 0 Å². The normalized spacial score (nSPS) is 33.9. The lowest BCUT2D eigenvalue weighted by Crippen LogP contribution is -2.62. The average Bonchev–Trinajstić information content (AvgIpc) is 2.96. The number of aliphatic hydroxyl groups excluding tert-OH is 2. The van der Waals surface area contributed by atoms with Gasteiger partial charge in [0.2, 0.25) is 0 Å². The quantitative estimate of drug-likeness (QED) is 0.518. The Labute approximate surface area is 131 Å². The van der Waals surface area contributed by atoms with Crippen molar-refractivity contribution in [1.82, 2.24) is 15.5 Å². The first-order valence-electron chi connectivity index (χ1n) is 7.68. The van der Waals surface area contributed by atoms with Crippen molar-refractivity contribution in [2.45, 2.75) is 56.1 Å². The molecule has 1 saturated heterocycles. The average molecular weight is 317 g/mol. The van der Waals surface area contributed by atoms with Gasteiger partial charge in [-0.05, 0) is 25.1 Å². The molecule has 2 fully saturated rings. The zero-order chi connectivity index (χ0) is 15.4. The maximum absolute atomic E-state index is 10.2. The van der Waals surface area contributed by atoms with E-state index in [9.17, 15) is 10.2 Å². The van der Waals surface area contributed by atoms with E-state index in [1.807, 2.05) is 14.1 Å². The van der Waals surface area contributed by atoms with Crippen molar-refractivity contribution in [2.24, 2.45) is 0 Å². The van der Waals surface area contributed by atoms with Crippen molar-refractivity contribution in [3.05, 3.63) is 0 Å². The molecule has 0 aromatic carbocycles. The van der Waals surface area contributed by atoms with Gasteiger partial charge < -0.3 is 30.5 Å². The summed E-state index contributed by atoms with van der Waals surface area (Å²) in [5.41, 5.74) is 0. The minimum Gasteiger partial charge on any atom is -0.388 e. The molecule has 1 saturated carbocycles. The van der Waals surface area contributed by atoms with E-state index in [2.05, 4.69) is 10.6 Å². The van der Waals surface area contributed by atoms with Crippen LogP contribution in [0.3, 0.4) is 0 Å². The van der Waals surface area contributed by atoms with Crippen molar-refractivity contribution in [1.29, 1.82) is 0 Å². The van der Waals surface area contributed by atoms with Gasteiger partial charge in [0.05, 0.1) is 18.8 Å². The van der Waals surface area contributed by atoms with E-state index in [-0.39, 0.29) is 12.1 Å². The first-order chi connectivity index (χ1) is 9.99. The van der Waals surface area contributed by atoms with Crippen LogP contribution in [0.2, 0.25) is 0 Å². The van der Waals surface area contributed by atoms with Crippen LogP contribution < -0.4 is 10.6 Å². The fourth-order valence-electron chi connectivity index (χ4n) is 2.89. The van der Waals surface area contributed by atoms with E-state index in [1.165, 1.54) is 25.7 Å². The third-order valence-corrected chi connectivity index (χ3v) is 4.79. The van der Waals surface area contributed by atoms with Gasteiger partial charge in [-0.25, -0.2) is 0 Å². The predicted octanol–water partition coefficient (Wildman–Crippen LogP) is -0.556. The van der Waals surface area contributed by atoms with Gasteiger partial charge in [-0.3, -0.25) is 0 Å². The Kier molecular flexibility index (Phi) is 6.19.